The fourth-order valence-corrected chi connectivity index (χ4v) is 3.39. The number of ketones is 1. The summed E-state index contributed by atoms with van der Waals surface area (Å²) in [4.78, 5) is 43.5. The highest BCUT2D eigenvalue weighted by atomic mass is 19.3. The summed E-state index contributed by atoms with van der Waals surface area (Å²) in [7, 11) is 0. The number of amides is 3. The van der Waals surface area contributed by atoms with E-state index in [1.807, 2.05) is 0 Å². The van der Waals surface area contributed by atoms with Crippen molar-refractivity contribution in [3.8, 4) is 11.5 Å². The molecule has 2 heterocycles. The van der Waals surface area contributed by atoms with Crippen molar-refractivity contribution in [2.75, 3.05) is 26.3 Å². The molecule has 0 aliphatic carbocycles. The van der Waals surface area contributed by atoms with Gasteiger partial charge in [0.25, 0.3) is 5.89 Å². The van der Waals surface area contributed by atoms with Gasteiger partial charge in [-0.25, -0.2) is 18.0 Å². The molecule has 1 saturated heterocycles. The number of nitrogens with one attached hydrogen (secondary N) is 2. The molecule has 1 aromatic carbocycles. The van der Waals surface area contributed by atoms with Gasteiger partial charge in [0, 0.05) is 25.1 Å². The Morgan fingerprint density at radius 1 is 1.11 bits per heavy atom. The molecule has 13 heteroatoms. The van der Waals surface area contributed by atoms with Crippen molar-refractivity contribution in [2.24, 2.45) is 0 Å². The van der Waals surface area contributed by atoms with Crippen LogP contribution in [0.2, 0.25) is 0 Å². The maximum atomic E-state index is 13.8. The highest BCUT2D eigenvalue weighted by Crippen LogP contribution is 2.20. The molecule has 3 rings (SSSR count). The number of nitrogens with zero attached hydrogens (tertiary/aromatic N) is 3. The van der Waals surface area contributed by atoms with E-state index in [9.17, 15) is 27.6 Å². The summed E-state index contributed by atoms with van der Waals surface area (Å²) in [6, 6.07) is 1.72. The number of rotatable bonds is 9. The maximum absolute atomic E-state index is 13.8. The van der Waals surface area contributed by atoms with E-state index in [1.54, 1.807) is 6.92 Å². The molecule has 0 radical (unpaired) electrons. The third kappa shape index (κ3) is 7.25. The number of carbonyl (C=O) groups excluding carboxylic acids is 3. The summed E-state index contributed by atoms with van der Waals surface area (Å²) in [5.41, 5.74) is 0.381. The number of ether oxygens (including phenoxy) is 1. The Bertz CT molecular complexity index is 1030. The molecule has 1 aliphatic rings. The molecule has 0 unspecified atom stereocenters. The molecule has 1 fully saturated rings. The lowest BCUT2D eigenvalue weighted by Crippen LogP contribution is -2.56. The van der Waals surface area contributed by atoms with Crippen LogP contribution in [0.3, 0.4) is 0 Å². The average molecular weight is 497 g/mol. The largest absolute Gasteiger partial charge is 0.378 e. The van der Waals surface area contributed by atoms with Crippen LogP contribution in [0, 0.1) is 5.82 Å². The van der Waals surface area contributed by atoms with E-state index in [0.717, 1.165) is 0 Å². The van der Waals surface area contributed by atoms with E-state index in [0.29, 0.717) is 25.7 Å². The number of aromatic nitrogens is 2. The van der Waals surface area contributed by atoms with Crippen molar-refractivity contribution in [1.29, 1.82) is 0 Å². The lowest BCUT2D eigenvalue weighted by Gasteiger charge is -2.30. The average Bonchev–Trinajstić information content (AvgIpc) is 3.32. The minimum atomic E-state index is -3.26. The lowest BCUT2D eigenvalue weighted by atomic mass is 10.1. The highest BCUT2D eigenvalue weighted by molar-refractivity contribution is 6.00. The number of alkyl halides is 2. The Morgan fingerprint density at radius 3 is 2.37 bits per heavy atom. The van der Waals surface area contributed by atoms with E-state index in [1.165, 1.54) is 29.2 Å². The van der Waals surface area contributed by atoms with Crippen molar-refractivity contribution in [3.63, 3.8) is 0 Å². The predicted octanol–water partition coefficient (Wildman–Crippen LogP) is 2.41. The van der Waals surface area contributed by atoms with E-state index in [-0.39, 0.29) is 31.2 Å². The highest BCUT2D eigenvalue weighted by Gasteiger charge is 2.35. The summed E-state index contributed by atoms with van der Waals surface area (Å²) in [6.45, 7) is 3.34. The van der Waals surface area contributed by atoms with Crippen LogP contribution in [0.5, 0.6) is 0 Å². The summed E-state index contributed by atoms with van der Waals surface area (Å²) in [5.74, 6) is -5.76. The van der Waals surface area contributed by atoms with Crippen LogP contribution in [0.25, 0.3) is 11.5 Å². The van der Waals surface area contributed by atoms with Crippen molar-refractivity contribution in [2.45, 2.75) is 44.7 Å². The van der Waals surface area contributed by atoms with Gasteiger partial charge in [-0.15, -0.1) is 0 Å². The summed E-state index contributed by atoms with van der Waals surface area (Å²) in [6.07, 6.45) is -0.867. The normalized spacial score (nSPS) is 15.9. The Labute approximate surface area is 199 Å². The monoisotopic (exact) mass is 497 g/mol. The van der Waals surface area contributed by atoms with Gasteiger partial charge in [-0.2, -0.15) is 4.98 Å². The Balaban J connectivity index is 1.70. The molecule has 2 atom stereocenters. The Kier molecular flexibility index (Phi) is 8.43. The first-order valence-electron chi connectivity index (χ1n) is 11.0. The van der Waals surface area contributed by atoms with Gasteiger partial charge in [0.1, 0.15) is 11.9 Å². The van der Waals surface area contributed by atoms with Crippen molar-refractivity contribution in [1.82, 2.24) is 25.7 Å². The SMILES string of the molecule is CC[C@H](NC(=O)[C@H](CC(C)(F)F)NC(=O)N1CCOCC1)C(=O)c1noc(-c2ccc(F)cc2)n1. The lowest BCUT2D eigenvalue weighted by molar-refractivity contribution is -0.125. The zero-order valence-corrected chi connectivity index (χ0v) is 19.2. The minimum Gasteiger partial charge on any atom is -0.378 e. The van der Waals surface area contributed by atoms with Crippen LogP contribution >= 0.6 is 0 Å². The van der Waals surface area contributed by atoms with Crippen LogP contribution in [0.15, 0.2) is 28.8 Å². The molecule has 3 amide bonds. The van der Waals surface area contributed by atoms with Gasteiger partial charge in [-0.1, -0.05) is 12.1 Å². The molecule has 10 nitrogen and oxygen atoms in total. The first kappa shape index (κ1) is 26.1. The minimum absolute atomic E-state index is 0.0317. The number of hydrogen-bond donors (Lipinski definition) is 2. The van der Waals surface area contributed by atoms with Crippen LogP contribution in [0.1, 0.15) is 37.3 Å². The van der Waals surface area contributed by atoms with Gasteiger partial charge in [0.2, 0.25) is 23.4 Å². The van der Waals surface area contributed by atoms with Crippen molar-refractivity contribution >= 4 is 17.7 Å². The quantitative estimate of drug-likeness (QED) is 0.510. The Hall–Kier alpha value is -3.48. The van der Waals surface area contributed by atoms with Gasteiger partial charge in [-0.3, -0.25) is 9.59 Å². The van der Waals surface area contributed by atoms with Crippen LogP contribution in [-0.2, 0) is 9.53 Å². The number of Topliss-reactive ketones (excluding diaryl/α,β-unsaturated/α-hetero) is 1. The van der Waals surface area contributed by atoms with Gasteiger partial charge >= 0.3 is 6.03 Å². The first-order chi connectivity index (χ1) is 16.6. The number of morpholine rings is 1. The predicted molar refractivity (Wildman–Crippen MR) is 116 cm³/mol. The molecule has 2 N–H and O–H groups in total. The van der Waals surface area contributed by atoms with Crippen LogP contribution < -0.4 is 10.6 Å². The zero-order valence-electron chi connectivity index (χ0n) is 19.2. The van der Waals surface area contributed by atoms with Crippen LogP contribution in [-0.4, -0.2) is 77.1 Å². The van der Waals surface area contributed by atoms with Gasteiger partial charge in [0.05, 0.1) is 19.3 Å². The molecular weight excluding hydrogens is 471 g/mol. The standard InChI is InChI=1S/C22H26F3N5O5/c1-3-15(17(31)18-28-20(35-29-18)13-4-6-14(23)7-5-13)26-19(32)16(12-22(2,24)25)27-21(33)30-8-10-34-11-9-30/h4-7,15-16H,3,8-12H2,1-2H3,(H,26,32)(H,27,33)/t15-,16-/m0/s1. The smallest absolute Gasteiger partial charge is 0.318 e. The molecule has 0 spiro atoms. The zero-order chi connectivity index (χ0) is 25.6. The first-order valence-corrected chi connectivity index (χ1v) is 11.0. The second-order valence-electron chi connectivity index (χ2n) is 8.14. The maximum Gasteiger partial charge on any atom is 0.318 e. The molecule has 35 heavy (non-hydrogen) atoms. The summed E-state index contributed by atoms with van der Waals surface area (Å²) < 4.78 is 50.9. The van der Waals surface area contributed by atoms with Crippen molar-refractivity contribution in [3.05, 3.63) is 35.9 Å². The number of urea groups is 1. The number of halogens is 3. The topological polar surface area (TPSA) is 127 Å². The molecular formula is C22H26F3N5O5. The third-order valence-corrected chi connectivity index (χ3v) is 5.25. The number of carbonyl (C=O) groups is 3. The second kappa shape index (κ2) is 11.3. The van der Waals surface area contributed by atoms with Gasteiger partial charge in [0.15, 0.2) is 0 Å². The van der Waals surface area contributed by atoms with Gasteiger partial charge < -0.3 is 24.8 Å². The molecule has 1 aliphatic heterocycles. The van der Waals surface area contributed by atoms with Crippen molar-refractivity contribution < 1.29 is 36.8 Å². The fourth-order valence-electron chi connectivity index (χ4n) is 3.39. The molecule has 0 saturated carbocycles. The van der Waals surface area contributed by atoms with Crippen LogP contribution in [0.4, 0.5) is 18.0 Å². The third-order valence-electron chi connectivity index (χ3n) is 5.25. The molecule has 1 aromatic heterocycles. The van der Waals surface area contributed by atoms with E-state index in [2.05, 4.69) is 20.8 Å². The molecule has 0 bridgehead atoms. The van der Waals surface area contributed by atoms with E-state index in [4.69, 9.17) is 9.26 Å². The number of hydrogen-bond acceptors (Lipinski definition) is 7. The molecule has 2 aromatic rings. The Morgan fingerprint density at radius 2 is 1.77 bits per heavy atom. The fraction of sp³-hybridized carbons (Fsp3) is 0.500. The summed E-state index contributed by atoms with van der Waals surface area (Å²) >= 11 is 0. The second-order valence-corrected chi connectivity index (χ2v) is 8.14. The van der Waals surface area contributed by atoms with E-state index >= 15 is 0 Å². The van der Waals surface area contributed by atoms with E-state index < -0.39 is 48.0 Å². The summed E-state index contributed by atoms with van der Waals surface area (Å²) in [5, 5.41) is 8.35. The molecule has 190 valence electrons. The number of benzene rings is 1. The van der Waals surface area contributed by atoms with Gasteiger partial charge in [-0.05, 0) is 37.6 Å².